The van der Waals surface area contributed by atoms with Gasteiger partial charge in [0, 0.05) is 44.0 Å². The summed E-state index contributed by atoms with van der Waals surface area (Å²) in [5.74, 6) is -0.216. The van der Waals surface area contributed by atoms with Gasteiger partial charge in [-0.25, -0.2) is 4.39 Å². The number of benzene rings is 1. The van der Waals surface area contributed by atoms with Gasteiger partial charge in [0.25, 0.3) is 0 Å². The lowest BCUT2D eigenvalue weighted by atomic mass is 10.1. The lowest BCUT2D eigenvalue weighted by molar-refractivity contribution is 0.252. The van der Waals surface area contributed by atoms with Gasteiger partial charge in [-0.2, -0.15) is 5.10 Å². The number of likely N-dealkylation sites (tertiary alicyclic amines) is 1. The first-order valence-corrected chi connectivity index (χ1v) is 8.32. The molecular formula is C18H25FN4. The van der Waals surface area contributed by atoms with E-state index >= 15 is 0 Å². The van der Waals surface area contributed by atoms with Gasteiger partial charge in [0.1, 0.15) is 5.82 Å². The van der Waals surface area contributed by atoms with E-state index in [0.717, 1.165) is 30.9 Å². The third-order valence-corrected chi connectivity index (χ3v) is 4.47. The minimum absolute atomic E-state index is 0.216. The highest BCUT2D eigenvalue weighted by atomic mass is 19.1. The summed E-state index contributed by atoms with van der Waals surface area (Å²) >= 11 is 0. The molecule has 0 spiro atoms. The summed E-state index contributed by atoms with van der Waals surface area (Å²) in [7, 11) is 4.01. The highest BCUT2D eigenvalue weighted by Gasteiger charge is 2.16. The molecule has 1 aromatic heterocycles. The van der Waals surface area contributed by atoms with Crippen LogP contribution < -0.4 is 0 Å². The van der Waals surface area contributed by atoms with Crippen LogP contribution in [-0.4, -0.2) is 52.8 Å². The van der Waals surface area contributed by atoms with Crippen molar-refractivity contribution in [3.8, 4) is 11.3 Å². The van der Waals surface area contributed by atoms with Gasteiger partial charge < -0.3 is 9.80 Å². The number of hydrogen-bond acceptors (Lipinski definition) is 3. The van der Waals surface area contributed by atoms with E-state index in [1.807, 2.05) is 19.3 Å². The number of likely N-dealkylation sites (N-methyl/N-ethyl adjacent to an activating group) is 1. The molecule has 1 aliphatic rings. The SMILES string of the molecule is CN(CCN1CCCC1)Cc1cn(C)nc1-c1ccccc1F. The summed E-state index contributed by atoms with van der Waals surface area (Å²) < 4.78 is 15.9. The van der Waals surface area contributed by atoms with Crippen LogP contribution in [-0.2, 0) is 13.6 Å². The summed E-state index contributed by atoms with van der Waals surface area (Å²) in [6.07, 6.45) is 4.64. The van der Waals surface area contributed by atoms with Gasteiger partial charge in [0.2, 0.25) is 0 Å². The smallest absolute Gasteiger partial charge is 0.132 e. The lowest BCUT2D eigenvalue weighted by Crippen LogP contribution is -2.31. The number of aryl methyl sites for hydroxylation is 1. The van der Waals surface area contributed by atoms with Crippen molar-refractivity contribution in [2.45, 2.75) is 19.4 Å². The summed E-state index contributed by atoms with van der Waals surface area (Å²) in [6, 6.07) is 6.86. The van der Waals surface area contributed by atoms with Crippen molar-refractivity contribution in [3.63, 3.8) is 0 Å². The number of nitrogens with zero attached hydrogens (tertiary/aromatic N) is 4. The van der Waals surface area contributed by atoms with Crippen molar-refractivity contribution >= 4 is 0 Å². The molecule has 2 aromatic rings. The Morgan fingerprint density at radius 2 is 1.96 bits per heavy atom. The maximum atomic E-state index is 14.1. The Balaban J connectivity index is 1.69. The third-order valence-electron chi connectivity index (χ3n) is 4.47. The first kappa shape index (κ1) is 16.1. The Hall–Kier alpha value is -1.72. The van der Waals surface area contributed by atoms with Gasteiger partial charge in [-0.1, -0.05) is 12.1 Å². The fourth-order valence-electron chi connectivity index (χ4n) is 3.22. The maximum absolute atomic E-state index is 14.1. The second kappa shape index (κ2) is 7.23. The number of hydrogen-bond donors (Lipinski definition) is 0. The fourth-order valence-corrected chi connectivity index (χ4v) is 3.22. The molecule has 1 saturated heterocycles. The lowest BCUT2D eigenvalue weighted by Gasteiger charge is -2.21. The topological polar surface area (TPSA) is 24.3 Å². The van der Waals surface area contributed by atoms with E-state index in [9.17, 15) is 4.39 Å². The average Bonchev–Trinajstić information content (AvgIpc) is 3.15. The summed E-state index contributed by atoms with van der Waals surface area (Å²) in [5, 5.41) is 4.47. The molecule has 0 saturated carbocycles. The monoisotopic (exact) mass is 316 g/mol. The molecule has 0 unspecified atom stereocenters. The Kier molecular flexibility index (Phi) is 5.08. The van der Waals surface area contributed by atoms with Crippen molar-refractivity contribution in [1.82, 2.24) is 19.6 Å². The van der Waals surface area contributed by atoms with Crippen LogP contribution in [0, 0.1) is 5.82 Å². The molecule has 0 atom stereocenters. The van der Waals surface area contributed by atoms with E-state index in [1.165, 1.54) is 32.0 Å². The quantitative estimate of drug-likeness (QED) is 0.819. The average molecular weight is 316 g/mol. The molecule has 23 heavy (non-hydrogen) atoms. The van der Waals surface area contributed by atoms with Crippen LogP contribution in [0.1, 0.15) is 18.4 Å². The van der Waals surface area contributed by atoms with Gasteiger partial charge >= 0.3 is 0 Å². The zero-order valence-corrected chi connectivity index (χ0v) is 14.0. The zero-order valence-electron chi connectivity index (χ0n) is 14.0. The predicted molar refractivity (Wildman–Crippen MR) is 90.6 cm³/mol. The van der Waals surface area contributed by atoms with E-state index in [0.29, 0.717) is 5.56 Å². The zero-order chi connectivity index (χ0) is 16.2. The molecule has 1 aliphatic heterocycles. The van der Waals surface area contributed by atoms with Gasteiger partial charge in [0.05, 0.1) is 5.69 Å². The van der Waals surface area contributed by atoms with Crippen LogP contribution in [0.15, 0.2) is 30.5 Å². The number of halogens is 1. The largest absolute Gasteiger partial charge is 0.302 e. The predicted octanol–water partition coefficient (Wildman–Crippen LogP) is 2.75. The van der Waals surface area contributed by atoms with E-state index in [1.54, 1.807) is 16.8 Å². The van der Waals surface area contributed by atoms with Crippen molar-refractivity contribution in [3.05, 3.63) is 41.8 Å². The van der Waals surface area contributed by atoms with E-state index < -0.39 is 0 Å². The molecule has 124 valence electrons. The van der Waals surface area contributed by atoms with Crippen molar-refractivity contribution in [2.75, 3.05) is 33.2 Å². The van der Waals surface area contributed by atoms with Crippen molar-refractivity contribution < 1.29 is 4.39 Å². The minimum atomic E-state index is -0.216. The molecule has 0 amide bonds. The molecule has 0 radical (unpaired) electrons. The molecule has 2 heterocycles. The van der Waals surface area contributed by atoms with Crippen LogP contribution in [0.25, 0.3) is 11.3 Å². The summed E-state index contributed by atoms with van der Waals surface area (Å²) in [4.78, 5) is 4.80. The van der Waals surface area contributed by atoms with E-state index in [-0.39, 0.29) is 5.82 Å². The Morgan fingerprint density at radius 1 is 1.22 bits per heavy atom. The Morgan fingerprint density at radius 3 is 2.70 bits per heavy atom. The molecule has 1 aromatic carbocycles. The van der Waals surface area contributed by atoms with Crippen LogP contribution in [0.2, 0.25) is 0 Å². The number of aromatic nitrogens is 2. The molecule has 1 fully saturated rings. The van der Waals surface area contributed by atoms with Crippen molar-refractivity contribution in [1.29, 1.82) is 0 Å². The summed E-state index contributed by atoms with van der Waals surface area (Å²) in [5.41, 5.74) is 2.40. The molecule has 0 N–H and O–H groups in total. The third kappa shape index (κ3) is 3.98. The highest BCUT2D eigenvalue weighted by Crippen LogP contribution is 2.25. The first-order valence-electron chi connectivity index (χ1n) is 8.32. The standard InChI is InChI=1S/C18H25FN4/c1-21(11-12-23-9-5-6-10-23)13-15-14-22(2)20-18(15)16-7-3-4-8-17(16)19/h3-4,7-8,14H,5-6,9-13H2,1-2H3. The first-order chi connectivity index (χ1) is 11.1. The summed E-state index contributed by atoms with van der Waals surface area (Å²) in [6.45, 7) is 5.35. The van der Waals surface area contributed by atoms with Crippen LogP contribution >= 0.6 is 0 Å². The number of rotatable bonds is 6. The normalized spacial score (nSPS) is 15.7. The van der Waals surface area contributed by atoms with E-state index in [4.69, 9.17) is 0 Å². The molecule has 4 nitrogen and oxygen atoms in total. The second-order valence-electron chi connectivity index (χ2n) is 6.44. The van der Waals surface area contributed by atoms with Crippen LogP contribution in [0.4, 0.5) is 4.39 Å². The second-order valence-corrected chi connectivity index (χ2v) is 6.44. The molecule has 0 aliphatic carbocycles. The minimum Gasteiger partial charge on any atom is -0.302 e. The van der Waals surface area contributed by atoms with Crippen LogP contribution in [0.5, 0.6) is 0 Å². The Bertz CT molecular complexity index is 646. The maximum Gasteiger partial charge on any atom is 0.132 e. The molecule has 3 rings (SSSR count). The van der Waals surface area contributed by atoms with Crippen LogP contribution in [0.3, 0.4) is 0 Å². The van der Waals surface area contributed by atoms with Crippen molar-refractivity contribution in [2.24, 2.45) is 7.05 Å². The van der Waals surface area contributed by atoms with Gasteiger partial charge in [-0.05, 0) is 45.1 Å². The van der Waals surface area contributed by atoms with Gasteiger partial charge in [-0.3, -0.25) is 4.68 Å². The molecular weight excluding hydrogens is 291 g/mol. The highest BCUT2D eigenvalue weighted by molar-refractivity contribution is 5.63. The van der Waals surface area contributed by atoms with Gasteiger partial charge in [0.15, 0.2) is 0 Å². The van der Waals surface area contributed by atoms with Gasteiger partial charge in [-0.15, -0.1) is 0 Å². The molecule has 5 heteroatoms. The Labute approximate surface area is 137 Å². The fraction of sp³-hybridized carbons (Fsp3) is 0.500. The van der Waals surface area contributed by atoms with E-state index in [2.05, 4.69) is 21.9 Å². The molecule has 0 bridgehead atoms.